The van der Waals surface area contributed by atoms with Crippen LogP contribution in [0, 0.1) is 0 Å². The fourth-order valence-electron chi connectivity index (χ4n) is 2.86. The highest BCUT2D eigenvalue weighted by Crippen LogP contribution is 2.22. The van der Waals surface area contributed by atoms with Crippen molar-refractivity contribution in [3.8, 4) is 5.75 Å². The highest BCUT2D eigenvalue weighted by Gasteiger charge is 2.23. The molecule has 1 saturated heterocycles. The molecule has 122 valence electrons. The van der Waals surface area contributed by atoms with Gasteiger partial charge < -0.3 is 4.74 Å². The lowest BCUT2D eigenvalue weighted by Crippen LogP contribution is -2.34. The molecule has 1 aliphatic rings. The zero-order valence-electron chi connectivity index (χ0n) is 14.0. The fourth-order valence-corrected chi connectivity index (χ4v) is 2.86. The van der Waals surface area contributed by atoms with Crippen LogP contribution in [0.1, 0.15) is 11.1 Å². The van der Waals surface area contributed by atoms with Gasteiger partial charge in [0.1, 0.15) is 5.75 Å². The molecular weight excluding hydrogens is 298 g/mol. The zero-order chi connectivity index (χ0) is 16.9. The predicted molar refractivity (Wildman–Crippen MR) is 97.9 cm³/mol. The van der Waals surface area contributed by atoms with Crippen molar-refractivity contribution in [1.29, 1.82) is 0 Å². The number of methoxy groups -OCH3 is 1. The lowest BCUT2D eigenvalue weighted by molar-refractivity contribution is -0.113. The van der Waals surface area contributed by atoms with E-state index >= 15 is 0 Å². The molecule has 0 unspecified atom stereocenters. The second-order valence-electron chi connectivity index (χ2n) is 6.02. The second kappa shape index (κ2) is 7.28. The van der Waals surface area contributed by atoms with Gasteiger partial charge in [0.15, 0.2) is 5.78 Å². The number of Topliss-reactive ketones (excluding diaryl/α,β-unsaturated/α-hetero) is 1. The lowest BCUT2D eigenvalue weighted by atomic mass is 9.94. The minimum atomic E-state index is 0.132. The molecule has 2 aromatic rings. The van der Waals surface area contributed by atoms with Crippen molar-refractivity contribution >= 4 is 17.9 Å². The molecule has 0 bridgehead atoms. The molecule has 1 aliphatic heterocycles. The maximum atomic E-state index is 12.8. The van der Waals surface area contributed by atoms with E-state index in [2.05, 4.69) is 4.90 Å². The van der Waals surface area contributed by atoms with Crippen LogP contribution in [0.5, 0.6) is 5.75 Å². The standard InChI is InChI=1S/C21H21NO2/c1-22-14-18(12-16-6-4-3-5-7-16)21(23)19(15-22)13-17-8-10-20(24-2)11-9-17/h3-13H,14-15H2,1-2H3/b18-12+,19-13+. The third-order valence-electron chi connectivity index (χ3n) is 4.06. The van der Waals surface area contributed by atoms with Crippen LogP contribution in [0.2, 0.25) is 0 Å². The van der Waals surface area contributed by atoms with E-state index in [1.165, 1.54) is 0 Å². The van der Waals surface area contributed by atoms with Crippen LogP contribution in [0.4, 0.5) is 0 Å². The van der Waals surface area contributed by atoms with E-state index in [1.54, 1.807) is 7.11 Å². The van der Waals surface area contributed by atoms with E-state index in [0.717, 1.165) is 28.0 Å². The Morgan fingerprint density at radius 3 is 1.96 bits per heavy atom. The van der Waals surface area contributed by atoms with Crippen LogP contribution in [0.25, 0.3) is 12.2 Å². The van der Waals surface area contributed by atoms with Gasteiger partial charge in [0.05, 0.1) is 7.11 Å². The molecule has 3 heteroatoms. The van der Waals surface area contributed by atoms with Gasteiger partial charge in [0, 0.05) is 24.2 Å². The Bertz CT molecular complexity index is 773. The van der Waals surface area contributed by atoms with E-state index in [4.69, 9.17) is 4.74 Å². The number of carbonyl (C=O) groups is 1. The first-order valence-electron chi connectivity index (χ1n) is 7.99. The number of rotatable bonds is 3. The summed E-state index contributed by atoms with van der Waals surface area (Å²) < 4.78 is 5.18. The summed E-state index contributed by atoms with van der Waals surface area (Å²) in [4.78, 5) is 15.0. The summed E-state index contributed by atoms with van der Waals surface area (Å²) in [6.07, 6.45) is 3.95. The minimum absolute atomic E-state index is 0.132. The Balaban J connectivity index is 1.89. The quantitative estimate of drug-likeness (QED) is 0.808. The van der Waals surface area contributed by atoms with Crippen molar-refractivity contribution in [1.82, 2.24) is 4.90 Å². The molecule has 0 saturated carbocycles. The first-order valence-corrected chi connectivity index (χ1v) is 7.99. The maximum Gasteiger partial charge on any atom is 0.187 e. The first-order chi connectivity index (χ1) is 11.7. The number of hydrogen-bond donors (Lipinski definition) is 0. The topological polar surface area (TPSA) is 29.5 Å². The van der Waals surface area contributed by atoms with Gasteiger partial charge >= 0.3 is 0 Å². The number of benzene rings is 2. The van der Waals surface area contributed by atoms with Gasteiger partial charge in [-0.1, -0.05) is 42.5 Å². The Hall–Kier alpha value is -2.65. The molecule has 0 aromatic heterocycles. The molecule has 3 nitrogen and oxygen atoms in total. The largest absolute Gasteiger partial charge is 0.497 e. The number of ether oxygens (including phenoxy) is 1. The van der Waals surface area contributed by atoms with E-state index in [1.807, 2.05) is 73.8 Å². The summed E-state index contributed by atoms with van der Waals surface area (Å²) in [6, 6.07) is 17.7. The summed E-state index contributed by atoms with van der Waals surface area (Å²) >= 11 is 0. The second-order valence-corrected chi connectivity index (χ2v) is 6.02. The Morgan fingerprint density at radius 1 is 0.875 bits per heavy atom. The molecule has 0 aliphatic carbocycles. The van der Waals surface area contributed by atoms with Crippen LogP contribution in [0.3, 0.4) is 0 Å². The van der Waals surface area contributed by atoms with Gasteiger partial charge in [-0.2, -0.15) is 0 Å². The third-order valence-corrected chi connectivity index (χ3v) is 4.06. The van der Waals surface area contributed by atoms with Crippen LogP contribution in [-0.4, -0.2) is 37.9 Å². The van der Waals surface area contributed by atoms with Crippen LogP contribution >= 0.6 is 0 Å². The number of nitrogens with zero attached hydrogens (tertiary/aromatic N) is 1. The van der Waals surface area contributed by atoms with E-state index in [-0.39, 0.29) is 5.78 Å². The zero-order valence-corrected chi connectivity index (χ0v) is 14.0. The van der Waals surface area contributed by atoms with Gasteiger partial charge in [0.25, 0.3) is 0 Å². The van der Waals surface area contributed by atoms with Gasteiger partial charge in [-0.25, -0.2) is 0 Å². The third kappa shape index (κ3) is 3.81. The fraction of sp³-hybridized carbons (Fsp3) is 0.190. The van der Waals surface area contributed by atoms with Crippen LogP contribution in [-0.2, 0) is 4.79 Å². The highest BCUT2D eigenvalue weighted by atomic mass is 16.5. The van der Waals surface area contributed by atoms with Gasteiger partial charge in [-0.15, -0.1) is 0 Å². The monoisotopic (exact) mass is 319 g/mol. The number of likely N-dealkylation sites (N-methyl/N-ethyl adjacent to an activating group) is 1. The maximum absolute atomic E-state index is 12.8. The van der Waals surface area contributed by atoms with Crippen molar-refractivity contribution < 1.29 is 9.53 Å². The molecule has 24 heavy (non-hydrogen) atoms. The molecule has 0 atom stereocenters. The molecule has 2 aromatic carbocycles. The smallest absolute Gasteiger partial charge is 0.187 e. The molecule has 1 fully saturated rings. The summed E-state index contributed by atoms with van der Waals surface area (Å²) in [6.45, 7) is 1.34. The molecule has 0 N–H and O–H groups in total. The molecule has 1 heterocycles. The van der Waals surface area contributed by atoms with Gasteiger partial charge in [-0.3, -0.25) is 9.69 Å². The Morgan fingerprint density at radius 2 is 1.42 bits per heavy atom. The molecule has 0 amide bonds. The van der Waals surface area contributed by atoms with Crippen molar-refractivity contribution in [2.24, 2.45) is 0 Å². The molecular formula is C21H21NO2. The molecule has 3 rings (SSSR count). The van der Waals surface area contributed by atoms with E-state index < -0.39 is 0 Å². The highest BCUT2D eigenvalue weighted by molar-refractivity contribution is 6.14. The minimum Gasteiger partial charge on any atom is -0.497 e. The van der Waals surface area contributed by atoms with E-state index in [9.17, 15) is 4.79 Å². The summed E-state index contributed by atoms with van der Waals surface area (Å²) in [7, 11) is 3.68. The average molecular weight is 319 g/mol. The normalized spacial score (nSPS) is 19.0. The van der Waals surface area contributed by atoms with Crippen molar-refractivity contribution in [2.45, 2.75) is 0 Å². The average Bonchev–Trinajstić information content (AvgIpc) is 2.60. The number of carbonyl (C=O) groups excluding carboxylic acids is 1. The number of ketones is 1. The summed E-state index contributed by atoms with van der Waals surface area (Å²) in [5, 5.41) is 0. The van der Waals surface area contributed by atoms with Gasteiger partial charge in [-0.05, 0) is 42.5 Å². The Kier molecular flexibility index (Phi) is 4.92. The number of likely N-dealkylation sites (tertiary alicyclic amines) is 1. The summed E-state index contributed by atoms with van der Waals surface area (Å²) in [5.74, 6) is 0.946. The lowest BCUT2D eigenvalue weighted by Gasteiger charge is -2.26. The number of piperidine rings is 1. The van der Waals surface area contributed by atoms with Crippen molar-refractivity contribution in [3.63, 3.8) is 0 Å². The van der Waals surface area contributed by atoms with Crippen LogP contribution < -0.4 is 4.74 Å². The SMILES string of the molecule is COc1ccc(/C=C2\CN(C)C/C(=C\c3ccccc3)C2=O)cc1. The van der Waals surface area contributed by atoms with E-state index in [0.29, 0.717) is 13.1 Å². The number of hydrogen-bond acceptors (Lipinski definition) is 3. The van der Waals surface area contributed by atoms with Crippen molar-refractivity contribution in [2.75, 3.05) is 27.2 Å². The molecule has 0 radical (unpaired) electrons. The van der Waals surface area contributed by atoms with Crippen LogP contribution in [0.15, 0.2) is 65.7 Å². The predicted octanol–water partition coefficient (Wildman–Crippen LogP) is 3.68. The molecule has 0 spiro atoms. The summed E-state index contributed by atoms with van der Waals surface area (Å²) in [5.41, 5.74) is 3.71. The van der Waals surface area contributed by atoms with Gasteiger partial charge in [0.2, 0.25) is 0 Å². The first kappa shape index (κ1) is 16.2. The van der Waals surface area contributed by atoms with Crippen molar-refractivity contribution in [3.05, 3.63) is 76.9 Å². The Labute approximate surface area is 142 Å².